The Balaban J connectivity index is 0.00000220. The first-order valence-corrected chi connectivity index (χ1v) is 5.61. The van der Waals surface area contributed by atoms with Crippen LogP contribution in [0.15, 0.2) is 58.8 Å². The van der Waals surface area contributed by atoms with Crippen molar-refractivity contribution in [1.29, 1.82) is 0 Å². The number of hydrogen-bond donors (Lipinski definition) is 0. The molecule has 0 heterocycles. The van der Waals surface area contributed by atoms with E-state index in [1.165, 1.54) is 48.5 Å². The van der Waals surface area contributed by atoms with Gasteiger partial charge in [0.15, 0.2) is 0 Å². The normalized spacial score (nSPS) is 9.64. The van der Waals surface area contributed by atoms with Crippen molar-refractivity contribution in [2.45, 2.75) is 0 Å². The average Bonchev–Trinajstić information content (AvgIpc) is 2.46. The van der Waals surface area contributed by atoms with Crippen molar-refractivity contribution in [3.63, 3.8) is 0 Å². The minimum absolute atomic E-state index is 0. The SMILES string of the molecule is O=C([O-])c1ccc(/N=N/c2ccc(C(=O)[O-])cc2)cc1.[Na+].[Na+]. The Labute approximate surface area is 170 Å². The minimum Gasteiger partial charge on any atom is -0.545 e. The topological polar surface area (TPSA) is 105 Å². The van der Waals surface area contributed by atoms with Crippen molar-refractivity contribution < 1.29 is 78.9 Å². The molecule has 2 aromatic carbocycles. The number of benzene rings is 2. The van der Waals surface area contributed by atoms with Crippen molar-refractivity contribution in [3.8, 4) is 0 Å². The zero-order valence-electron chi connectivity index (χ0n) is 12.1. The average molecular weight is 314 g/mol. The van der Waals surface area contributed by atoms with Crippen LogP contribution in [0, 0.1) is 0 Å². The Morgan fingerprint density at radius 3 is 1.14 bits per heavy atom. The zero-order chi connectivity index (χ0) is 14.5. The van der Waals surface area contributed by atoms with Crippen molar-refractivity contribution >= 4 is 23.3 Å². The monoisotopic (exact) mass is 314 g/mol. The second-order valence-corrected chi connectivity index (χ2v) is 3.87. The number of hydrogen-bond acceptors (Lipinski definition) is 6. The summed E-state index contributed by atoms with van der Waals surface area (Å²) in [4.78, 5) is 21.1. The maximum atomic E-state index is 10.6. The van der Waals surface area contributed by atoms with Gasteiger partial charge >= 0.3 is 59.1 Å². The van der Waals surface area contributed by atoms with Gasteiger partial charge in [-0.05, 0) is 35.4 Å². The van der Waals surface area contributed by atoms with E-state index in [4.69, 9.17) is 0 Å². The second kappa shape index (κ2) is 9.89. The molecule has 0 aliphatic rings. The number of nitrogens with zero attached hydrogens (tertiary/aromatic N) is 2. The Bertz CT molecular complexity index is 611. The van der Waals surface area contributed by atoms with Gasteiger partial charge in [0, 0.05) is 0 Å². The van der Waals surface area contributed by atoms with Crippen LogP contribution in [0.4, 0.5) is 11.4 Å². The van der Waals surface area contributed by atoms with Crippen LogP contribution in [0.2, 0.25) is 0 Å². The van der Waals surface area contributed by atoms with E-state index in [9.17, 15) is 19.8 Å². The quantitative estimate of drug-likeness (QED) is 0.415. The maximum absolute atomic E-state index is 10.6. The molecule has 0 aromatic heterocycles. The Morgan fingerprint density at radius 2 is 0.909 bits per heavy atom. The molecule has 0 saturated heterocycles. The molecule has 0 atom stereocenters. The van der Waals surface area contributed by atoms with Gasteiger partial charge in [0.2, 0.25) is 0 Å². The zero-order valence-corrected chi connectivity index (χ0v) is 16.1. The van der Waals surface area contributed by atoms with Crippen LogP contribution in [0.5, 0.6) is 0 Å². The summed E-state index contributed by atoms with van der Waals surface area (Å²) in [6.07, 6.45) is 0. The summed E-state index contributed by atoms with van der Waals surface area (Å²) in [5, 5.41) is 28.9. The Morgan fingerprint density at radius 1 is 0.636 bits per heavy atom. The fraction of sp³-hybridized carbons (Fsp3) is 0. The first kappa shape index (κ1) is 21.0. The molecular weight excluding hydrogens is 306 g/mol. The molecule has 0 amide bonds. The van der Waals surface area contributed by atoms with Crippen LogP contribution in [0.3, 0.4) is 0 Å². The summed E-state index contributed by atoms with van der Waals surface area (Å²) in [7, 11) is 0. The number of aromatic carboxylic acids is 2. The predicted molar refractivity (Wildman–Crippen MR) is 65.7 cm³/mol. The van der Waals surface area contributed by atoms with Crippen LogP contribution < -0.4 is 69.3 Å². The van der Waals surface area contributed by atoms with Gasteiger partial charge in [0.05, 0.1) is 23.3 Å². The van der Waals surface area contributed by atoms with E-state index in [2.05, 4.69) is 10.2 Å². The van der Waals surface area contributed by atoms with Gasteiger partial charge in [-0.2, -0.15) is 10.2 Å². The molecule has 2 aromatic rings. The van der Waals surface area contributed by atoms with Crippen molar-refractivity contribution in [1.82, 2.24) is 0 Å². The van der Waals surface area contributed by atoms with Crippen molar-refractivity contribution in [2.24, 2.45) is 10.2 Å². The number of carbonyl (C=O) groups is 2. The largest absolute Gasteiger partial charge is 1.00 e. The van der Waals surface area contributed by atoms with Gasteiger partial charge in [-0.3, -0.25) is 0 Å². The van der Waals surface area contributed by atoms with Crippen LogP contribution in [-0.2, 0) is 0 Å². The summed E-state index contributed by atoms with van der Waals surface area (Å²) in [6, 6.07) is 11.4. The standard InChI is InChI=1S/C14H10N2O4.2Na/c17-13(18)9-1-5-11(6-2-9)15-16-12-7-3-10(4-8-12)14(19)20;;/h1-8H,(H,17,18)(H,19,20);;/q;2*+1/p-2/b16-15+;;. The van der Waals surface area contributed by atoms with Crippen molar-refractivity contribution in [2.75, 3.05) is 0 Å². The Hall–Kier alpha value is -1.02. The van der Waals surface area contributed by atoms with E-state index < -0.39 is 11.9 Å². The number of carboxylic acids is 2. The van der Waals surface area contributed by atoms with Gasteiger partial charge in [-0.1, -0.05) is 24.3 Å². The first-order chi connectivity index (χ1) is 9.56. The van der Waals surface area contributed by atoms with E-state index in [1.807, 2.05) is 0 Å². The summed E-state index contributed by atoms with van der Waals surface area (Å²) in [5.74, 6) is -2.52. The van der Waals surface area contributed by atoms with Crippen LogP contribution >= 0.6 is 0 Å². The van der Waals surface area contributed by atoms with E-state index in [0.717, 1.165) is 0 Å². The molecule has 0 radical (unpaired) electrons. The summed E-state index contributed by atoms with van der Waals surface area (Å²) >= 11 is 0. The van der Waals surface area contributed by atoms with E-state index in [1.54, 1.807) is 0 Å². The molecule has 0 bridgehead atoms. The first-order valence-electron chi connectivity index (χ1n) is 5.61. The van der Waals surface area contributed by atoms with Crippen LogP contribution in [0.25, 0.3) is 0 Å². The minimum atomic E-state index is -1.26. The molecular formula is C14H8N2Na2O4. The Kier molecular flexibility index (Phi) is 9.43. The number of carboxylic acid groups (broad SMARTS) is 2. The number of rotatable bonds is 4. The van der Waals surface area contributed by atoms with Crippen molar-refractivity contribution in [3.05, 3.63) is 59.7 Å². The molecule has 0 spiro atoms. The third-order valence-electron chi connectivity index (χ3n) is 2.49. The molecule has 22 heavy (non-hydrogen) atoms. The number of azo groups is 1. The van der Waals surface area contributed by atoms with E-state index in [0.29, 0.717) is 11.4 Å². The van der Waals surface area contributed by atoms with Gasteiger partial charge in [0.1, 0.15) is 0 Å². The van der Waals surface area contributed by atoms with Gasteiger partial charge in [-0.15, -0.1) is 0 Å². The second-order valence-electron chi connectivity index (χ2n) is 3.87. The van der Waals surface area contributed by atoms with E-state index >= 15 is 0 Å². The molecule has 6 nitrogen and oxygen atoms in total. The smallest absolute Gasteiger partial charge is 0.545 e. The number of carbonyl (C=O) groups excluding carboxylic acids is 2. The third-order valence-corrected chi connectivity index (χ3v) is 2.49. The maximum Gasteiger partial charge on any atom is 1.00 e. The fourth-order valence-electron chi connectivity index (χ4n) is 1.44. The fourth-order valence-corrected chi connectivity index (χ4v) is 1.44. The van der Waals surface area contributed by atoms with Gasteiger partial charge in [0.25, 0.3) is 0 Å². The molecule has 0 fully saturated rings. The van der Waals surface area contributed by atoms with E-state index in [-0.39, 0.29) is 70.2 Å². The molecule has 0 N–H and O–H groups in total. The summed E-state index contributed by atoms with van der Waals surface area (Å²) < 4.78 is 0. The third kappa shape index (κ3) is 6.00. The molecule has 2 rings (SSSR count). The molecule has 0 aliphatic heterocycles. The molecule has 100 valence electrons. The molecule has 8 heteroatoms. The van der Waals surface area contributed by atoms with Gasteiger partial charge < -0.3 is 19.8 Å². The molecule has 0 aliphatic carbocycles. The van der Waals surface area contributed by atoms with Crippen LogP contribution in [0.1, 0.15) is 20.7 Å². The van der Waals surface area contributed by atoms with Crippen LogP contribution in [-0.4, -0.2) is 11.9 Å². The summed E-state index contributed by atoms with van der Waals surface area (Å²) in [6.45, 7) is 0. The summed E-state index contributed by atoms with van der Waals surface area (Å²) in [5.41, 5.74) is 1.06. The van der Waals surface area contributed by atoms with Gasteiger partial charge in [-0.25, -0.2) is 0 Å². The predicted octanol–water partition coefficient (Wildman–Crippen LogP) is -5.16. The molecule has 0 unspecified atom stereocenters. The molecule has 0 saturated carbocycles.